The molecule has 2 aromatic heterocycles. The van der Waals surface area contributed by atoms with Gasteiger partial charge in [-0.1, -0.05) is 25.4 Å². The maximum Gasteiger partial charge on any atom is 0.288 e. The van der Waals surface area contributed by atoms with Crippen LogP contribution in [0, 0.1) is 17.3 Å². The average Bonchev–Trinajstić information content (AvgIpc) is 2.77. The number of rotatable bonds is 7. The van der Waals surface area contributed by atoms with Gasteiger partial charge in [0.15, 0.2) is 0 Å². The fourth-order valence-corrected chi connectivity index (χ4v) is 5.80. The molecule has 1 amide bonds. The summed E-state index contributed by atoms with van der Waals surface area (Å²) in [6.07, 6.45) is 6.65. The van der Waals surface area contributed by atoms with Gasteiger partial charge in [-0.15, -0.1) is 0 Å². The van der Waals surface area contributed by atoms with Gasteiger partial charge in [0.1, 0.15) is 11.6 Å². The van der Waals surface area contributed by atoms with Crippen molar-refractivity contribution >= 4 is 28.9 Å². The van der Waals surface area contributed by atoms with E-state index in [1.807, 2.05) is 32.0 Å². The zero-order valence-electron chi connectivity index (χ0n) is 20.3. The lowest BCUT2D eigenvalue weighted by atomic mass is 9.43. The van der Waals surface area contributed by atoms with Gasteiger partial charge in [0.05, 0.1) is 35.4 Å². The highest BCUT2D eigenvalue weighted by Crippen LogP contribution is 2.63. The van der Waals surface area contributed by atoms with Gasteiger partial charge in [-0.2, -0.15) is 5.10 Å². The molecular formula is C24H33ClN6O3. The molecule has 0 saturated heterocycles. The second-order valence-electron chi connectivity index (χ2n) is 10.5. The van der Waals surface area contributed by atoms with Gasteiger partial charge in [0.25, 0.3) is 5.56 Å². The minimum atomic E-state index is -0.922. The molecule has 0 spiro atoms. The summed E-state index contributed by atoms with van der Waals surface area (Å²) in [5, 5.41) is 21.4. The van der Waals surface area contributed by atoms with E-state index in [1.165, 1.54) is 6.20 Å². The molecule has 9 nitrogen and oxygen atoms in total. The van der Waals surface area contributed by atoms with E-state index in [9.17, 15) is 14.7 Å². The molecule has 3 aliphatic rings. The van der Waals surface area contributed by atoms with E-state index in [1.54, 1.807) is 12.4 Å². The second kappa shape index (κ2) is 8.85. The molecular weight excluding hydrogens is 456 g/mol. The largest absolute Gasteiger partial charge is 0.388 e. The van der Waals surface area contributed by atoms with Crippen LogP contribution < -0.4 is 21.1 Å². The van der Waals surface area contributed by atoms with Gasteiger partial charge >= 0.3 is 0 Å². The van der Waals surface area contributed by atoms with Crippen LogP contribution in [0.4, 0.5) is 11.4 Å². The van der Waals surface area contributed by atoms with Gasteiger partial charge in [0.2, 0.25) is 5.91 Å². The first-order chi connectivity index (χ1) is 15.9. The van der Waals surface area contributed by atoms with Crippen molar-refractivity contribution < 1.29 is 9.90 Å². The summed E-state index contributed by atoms with van der Waals surface area (Å²) in [7, 11) is 3.81. The maximum absolute atomic E-state index is 12.8. The van der Waals surface area contributed by atoms with E-state index in [4.69, 9.17) is 11.6 Å². The molecule has 0 radical (unpaired) electrons. The molecule has 3 fully saturated rings. The Morgan fingerprint density at radius 1 is 1.29 bits per heavy atom. The third-order valence-electron chi connectivity index (χ3n) is 7.86. The first kappa shape index (κ1) is 24.5. The van der Waals surface area contributed by atoms with Crippen LogP contribution >= 0.6 is 11.6 Å². The Labute approximate surface area is 204 Å². The van der Waals surface area contributed by atoms with E-state index in [0.29, 0.717) is 18.2 Å². The summed E-state index contributed by atoms with van der Waals surface area (Å²) < 4.78 is 1.04. The molecule has 10 heteroatoms. The van der Waals surface area contributed by atoms with E-state index in [0.717, 1.165) is 28.8 Å². The molecule has 2 bridgehead atoms. The van der Waals surface area contributed by atoms with Gasteiger partial charge in [0, 0.05) is 26.8 Å². The number of amides is 1. The summed E-state index contributed by atoms with van der Waals surface area (Å²) in [4.78, 5) is 31.3. The molecule has 2 aromatic rings. The first-order valence-corrected chi connectivity index (χ1v) is 11.9. The van der Waals surface area contributed by atoms with Crippen molar-refractivity contribution in [3.63, 3.8) is 0 Å². The summed E-state index contributed by atoms with van der Waals surface area (Å²) in [5.41, 5.74) is 0.808. The van der Waals surface area contributed by atoms with E-state index >= 15 is 0 Å². The number of hydrogen-bond acceptors (Lipinski definition) is 7. The molecule has 0 unspecified atom stereocenters. The molecule has 0 aromatic carbocycles. The minimum absolute atomic E-state index is 0.0406. The molecule has 0 aliphatic heterocycles. The number of aliphatic hydroxyl groups is 1. The van der Waals surface area contributed by atoms with E-state index < -0.39 is 11.2 Å². The van der Waals surface area contributed by atoms with Crippen LogP contribution in [0.3, 0.4) is 0 Å². The zero-order chi connectivity index (χ0) is 24.8. The van der Waals surface area contributed by atoms with Crippen LogP contribution in [0.15, 0.2) is 29.5 Å². The van der Waals surface area contributed by atoms with Crippen LogP contribution in [-0.4, -0.2) is 51.5 Å². The lowest BCUT2D eigenvalue weighted by Gasteiger charge is -2.65. The van der Waals surface area contributed by atoms with E-state index in [2.05, 4.69) is 34.6 Å². The molecule has 34 heavy (non-hydrogen) atoms. The lowest BCUT2D eigenvalue weighted by molar-refractivity contribution is -0.199. The number of fused-ring (bicyclic) bond motifs is 2. The Balaban J connectivity index is 1.41. The third kappa shape index (κ3) is 4.27. The van der Waals surface area contributed by atoms with Crippen LogP contribution in [-0.2, 0) is 17.9 Å². The first-order valence-electron chi connectivity index (χ1n) is 11.5. The summed E-state index contributed by atoms with van der Waals surface area (Å²) >= 11 is 6.36. The predicted octanol–water partition coefficient (Wildman–Crippen LogP) is 2.27. The molecule has 2 heterocycles. The van der Waals surface area contributed by atoms with Crippen molar-refractivity contribution in [2.45, 2.75) is 58.3 Å². The zero-order valence-corrected chi connectivity index (χ0v) is 21.1. The number of carbonyl (C=O) groups excluding carboxylic acids is 1. The van der Waals surface area contributed by atoms with Crippen LogP contribution in [0.25, 0.3) is 0 Å². The van der Waals surface area contributed by atoms with Crippen molar-refractivity contribution in [2.75, 3.05) is 24.3 Å². The number of aromatic nitrogens is 3. The Morgan fingerprint density at radius 3 is 2.68 bits per heavy atom. The maximum atomic E-state index is 12.8. The summed E-state index contributed by atoms with van der Waals surface area (Å²) in [6.45, 7) is 6.30. The van der Waals surface area contributed by atoms with Crippen LogP contribution in [0.1, 0.15) is 39.2 Å². The Hall–Kier alpha value is -2.65. The number of halogens is 1. The lowest BCUT2D eigenvalue weighted by Crippen LogP contribution is -2.68. The van der Waals surface area contributed by atoms with Crippen LogP contribution in [0.5, 0.6) is 0 Å². The fraction of sp³-hybridized carbons (Fsp3) is 0.583. The number of nitrogens with zero attached hydrogens (tertiary/aromatic N) is 4. The van der Waals surface area contributed by atoms with Crippen molar-refractivity contribution in [3.05, 3.63) is 45.6 Å². The minimum Gasteiger partial charge on any atom is -0.388 e. The number of nitrogens with one attached hydrogen (secondary N) is 2. The Kier molecular flexibility index (Phi) is 6.37. The van der Waals surface area contributed by atoms with Gasteiger partial charge in [-0.05, 0) is 48.6 Å². The van der Waals surface area contributed by atoms with Crippen molar-refractivity contribution in [1.82, 2.24) is 20.1 Å². The van der Waals surface area contributed by atoms with Crippen molar-refractivity contribution in [1.29, 1.82) is 0 Å². The van der Waals surface area contributed by atoms with Gasteiger partial charge in [-0.25, -0.2) is 4.68 Å². The number of carbonyl (C=O) groups is 1. The van der Waals surface area contributed by atoms with Crippen LogP contribution in [0.2, 0.25) is 5.02 Å². The highest BCUT2D eigenvalue weighted by molar-refractivity contribution is 6.32. The van der Waals surface area contributed by atoms with Gasteiger partial charge < -0.3 is 20.6 Å². The average molecular weight is 489 g/mol. The molecule has 4 atom stereocenters. The molecule has 5 rings (SSSR count). The van der Waals surface area contributed by atoms with Crippen molar-refractivity contribution in [3.8, 4) is 0 Å². The van der Waals surface area contributed by atoms with Gasteiger partial charge in [-0.3, -0.25) is 14.6 Å². The Bertz CT molecular complexity index is 1150. The van der Waals surface area contributed by atoms with Crippen molar-refractivity contribution in [2.24, 2.45) is 17.3 Å². The number of hydrogen-bond donors (Lipinski definition) is 3. The monoisotopic (exact) mass is 488 g/mol. The normalized spacial score (nSPS) is 27.0. The second-order valence-corrected chi connectivity index (χ2v) is 10.9. The third-order valence-corrected chi connectivity index (χ3v) is 8.22. The summed E-state index contributed by atoms with van der Waals surface area (Å²) in [6, 6.07) is 1.61. The predicted molar refractivity (Wildman–Crippen MR) is 132 cm³/mol. The highest BCUT2D eigenvalue weighted by atomic mass is 35.5. The smallest absolute Gasteiger partial charge is 0.288 e. The van der Waals surface area contributed by atoms with E-state index in [-0.39, 0.29) is 34.8 Å². The molecule has 3 aliphatic carbocycles. The quantitative estimate of drug-likeness (QED) is 0.548. The number of anilines is 2. The highest BCUT2D eigenvalue weighted by Gasteiger charge is 2.62. The fourth-order valence-electron chi connectivity index (χ4n) is 5.60. The molecule has 3 saturated carbocycles. The summed E-state index contributed by atoms with van der Waals surface area (Å²) in [5.74, 6) is 0.338. The SMILES string of the molecule is CN(C)c1cnccc1CNC(=O)Cn1ncc(N[C@@H]2C[C@@H]3C[C@@H](C3(C)C)[C@]2(C)O)c(Cl)c1=O. The molecule has 3 N–H and O–H groups in total. The standard InChI is InChI=1S/C24H33ClN6O3/c1-23(2)15-8-18(23)24(3,34)19(9-15)29-16-11-28-31(22(33)21(16)25)13-20(32)27-10-14-6-7-26-12-17(14)30(4)5/h6-7,11-12,15,18-19,29,34H,8-10,13H2,1-5H3,(H,27,32)/t15-,18-,19+,24-/m0/s1. The number of pyridine rings is 1. The molecule has 184 valence electrons. The topological polar surface area (TPSA) is 112 Å². The Morgan fingerprint density at radius 2 is 2.03 bits per heavy atom.